The maximum Gasteiger partial charge on any atom is 0.326 e. The number of benzene rings is 3. The van der Waals surface area contributed by atoms with Gasteiger partial charge in [-0.3, -0.25) is 9.59 Å². The maximum absolute atomic E-state index is 13.3. The van der Waals surface area contributed by atoms with Crippen LogP contribution in [0.5, 0.6) is 0 Å². The second kappa shape index (κ2) is 10.5. The molecule has 2 atom stereocenters. The minimum atomic E-state index is -1.14. The van der Waals surface area contributed by atoms with E-state index in [0.717, 1.165) is 22.0 Å². The van der Waals surface area contributed by atoms with Crippen molar-refractivity contribution in [3.8, 4) is 0 Å². The number of carbonyl (C=O) groups excluding carboxylic acids is 2. The normalized spacial score (nSPS) is 12.6. The Kier molecular flexibility index (Phi) is 7.03. The van der Waals surface area contributed by atoms with Gasteiger partial charge >= 0.3 is 5.97 Å². The van der Waals surface area contributed by atoms with Gasteiger partial charge in [0.1, 0.15) is 12.1 Å². The summed E-state index contributed by atoms with van der Waals surface area (Å²) >= 11 is 0. The van der Waals surface area contributed by atoms with E-state index in [4.69, 9.17) is 0 Å². The fraction of sp³-hybridized carbons (Fsp3) is 0.148. The number of aromatic nitrogens is 1. The smallest absolute Gasteiger partial charge is 0.326 e. The van der Waals surface area contributed by atoms with Gasteiger partial charge in [-0.05, 0) is 29.3 Å². The summed E-state index contributed by atoms with van der Waals surface area (Å²) in [6.45, 7) is 0. The van der Waals surface area contributed by atoms with Crippen molar-refractivity contribution in [3.05, 3.63) is 108 Å². The number of para-hydroxylation sites is 1. The van der Waals surface area contributed by atoms with Gasteiger partial charge in [0.05, 0.1) is 0 Å². The number of carboxylic acid groups (broad SMARTS) is 1. The zero-order chi connectivity index (χ0) is 23.9. The summed E-state index contributed by atoms with van der Waals surface area (Å²) in [5, 5.41) is 16.1. The summed E-state index contributed by atoms with van der Waals surface area (Å²) in [6.07, 6.45) is 2.14. The van der Waals surface area contributed by atoms with Crippen LogP contribution in [0.3, 0.4) is 0 Å². The van der Waals surface area contributed by atoms with E-state index in [1.54, 1.807) is 36.5 Å². The van der Waals surface area contributed by atoms with Crippen molar-refractivity contribution in [1.29, 1.82) is 0 Å². The number of amides is 2. The number of H-pyrrole nitrogens is 1. The lowest BCUT2D eigenvalue weighted by molar-refractivity contribution is -0.142. The molecule has 7 nitrogen and oxygen atoms in total. The molecule has 0 aliphatic heterocycles. The van der Waals surface area contributed by atoms with E-state index < -0.39 is 29.9 Å². The number of carbonyl (C=O) groups is 3. The van der Waals surface area contributed by atoms with Crippen molar-refractivity contribution in [2.75, 3.05) is 0 Å². The first kappa shape index (κ1) is 22.8. The number of carboxylic acids is 1. The molecule has 0 fully saturated rings. The lowest BCUT2D eigenvalue weighted by atomic mass is 10.0. The molecule has 0 saturated carbocycles. The zero-order valence-corrected chi connectivity index (χ0v) is 18.4. The van der Waals surface area contributed by atoms with Gasteiger partial charge in [-0.25, -0.2) is 4.79 Å². The highest BCUT2D eigenvalue weighted by Gasteiger charge is 2.28. The molecule has 1 heterocycles. The zero-order valence-electron chi connectivity index (χ0n) is 18.4. The van der Waals surface area contributed by atoms with E-state index in [1.807, 2.05) is 54.6 Å². The topological polar surface area (TPSA) is 111 Å². The first-order valence-electron chi connectivity index (χ1n) is 11.0. The lowest BCUT2D eigenvalue weighted by Crippen LogP contribution is -2.53. The molecule has 0 unspecified atom stereocenters. The molecular formula is C27H25N3O4. The van der Waals surface area contributed by atoms with Crippen molar-refractivity contribution in [2.24, 2.45) is 0 Å². The predicted octanol–water partition coefficient (Wildman–Crippen LogP) is 3.32. The SMILES string of the molecule is O=C(N[C@@H](Cc1c[nH]c2ccccc12)C(=O)N[C@H](Cc1ccccc1)C(=O)O)c1ccccc1. The number of hydrogen-bond acceptors (Lipinski definition) is 3. The Hall–Kier alpha value is -4.39. The molecular weight excluding hydrogens is 430 g/mol. The molecule has 3 aromatic carbocycles. The number of aromatic amines is 1. The monoisotopic (exact) mass is 455 g/mol. The van der Waals surface area contributed by atoms with Gasteiger partial charge in [-0.1, -0.05) is 66.7 Å². The molecule has 7 heteroatoms. The summed E-state index contributed by atoms with van der Waals surface area (Å²) in [5.74, 6) is -2.11. The molecule has 0 radical (unpaired) electrons. The third kappa shape index (κ3) is 5.50. The molecule has 0 saturated heterocycles. The van der Waals surface area contributed by atoms with Gasteiger partial charge in [0, 0.05) is 35.5 Å². The summed E-state index contributed by atoms with van der Waals surface area (Å²) in [7, 11) is 0. The van der Waals surface area contributed by atoms with Crippen LogP contribution >= 0.6 is 0 Å². The van der Waals surface area contributed by atoms with Crippen LogP contribution < -0.4 is 10.6 Å². The number of hydrogen-bond donors (Lipinski definition) is 4. The molecule has 0 aliphatic carbocycles. The van der Waals surface area contributed by atoms with Gasteiger partial charge in [-0.2, -0.15) is 0 Å². The predicted molar refractivity (Wildman–Crippen MR) is 129 cm³/mol. The van der Waals surface area contributed by atoms with Gasteiger partial charge in [-0.15, -0.1) is 0 Å². The van der Waals surface area contributed by atoms with E-state index in [0.29, 0.717) is 5.56 Å². The fourth-order valence-corrected chi connectivity index (χ4v) is 3.88. The molecule has 0 bridgehead atoms. The van der Waals surface area contributed by atoms with Crippen LogP contribution in [0.4, 0.5) is 0 Å². The number of aliphatic carboxylic acids is 1. The highest BCUT2D eigenvalue weighted by Crippen LogP contribution is 2.19. The summed E-state index contributed by atoms with van der Waals surface area (Å²) in [4.78, 5) is 41.2. The van der Waals surface area contributed by atoms with E-state index in [2.05, 4.69) is 15.6 Å². The minimum Gasteiger partial charge on any atom is -0.480 e. The fourth-order valence-electron chi connectivity index (χ4n) is 3.88. The van der Waals surface area contributed by atoms with Crippen molar-refractivity contribution < 1.29 is 19.5 Å². The standard InChI is InChI=1S/C27H25N3O4/c31-25(19-11-5-2-6-12-19)29-23(16-20-17-28-22-14-8-7-13-21(20)22)26(32)30-24(27(33)34)15-18-9-3-1-4-10-18/h1-14,17,23-24,28H,15-16H2,(H,29,31)(H,30,32)(H,33,34)/t23-,24+/m0/s1. The van der Waals surface area contributed by atoms with E-state index >= 15 is 0 Å². The minimum absolute atomic E-state index is 0.133. The van der Waals surface area contributed by atoms with E-state index in [1.165, 1.54) is 0 Å². The first-order valence-corrected chi connectivity index (χ1v) is 11.0. The number of nitrogens with one attached hydrogen (secondary N) is 3. The average Bonchev–Trinajstić information content (AvgIpc) is 3.27. The van der Waals surface area contributed by atoms with Crippen LogP contribution in [0, 0.1) is 0 Å². The number of fused-ring (bicyclic) bond motifs is 1. The first-order chi connectivity index (χ1) is 16.5. The average molecular weight is 456 g/mol. The third-order valence-corrected chi connectivity index (χ3v) is 5.65. The van der Waals surface area contributed by atoms with Crippen LogP contribution in [0.25, 0.3) is 10.9 Å². The molecule has 4 N–H and O–H groups in total. The molecule has 0 aliphatic rings. The highest BCUT2D eigenvalue weighted by atomic mass is 16.4. The lowest BCUT2D eigenvalue weighted by Gasteiger charge is -2.22. The van der Waals surface area contributed by atoms with Crippen LogP contribution in [0.1, 0.15) is 21.5 Å². The van der Waals surface area contributed by atoms with Gasteiger partial charge in [0.25, 0.3) is 5.91 Å². The maximum atomic E-state index is 13.3. The van der Waals surface area contributed by atoms with Crippen molar-refractivity contribution in [1.82, 2.24) is 15.6 Å². The quantitative estimate of drug-likeness (QED) is 0.310. The third-order valence-electron chi connectivity index (χ3n) is 5.65. The second-order valence-electron chi connectivity index (χ2n) is 8.04. The molecule has 172 valence electrons. The molecule has 34 heavy (non-hydrogen) atoms. The van der Waals surface area contributed by atoms with Crippen LogP contribution in [-0.2, 0) is 22.4 Å². The van der Waals surface area contributed by atoms with Crippen molar-refractivity contribution >= 4 is 28.7 Å². The molecule has 2 amide bonds. The Balaban J connectivity index is 1.57. The Morgan fingerprint density at radius 1 is 0.765 bits per heavy atom. The Morgan fingerprint density at radius 2 is 1.41 bits per heavy atom. The number of rotatable bonds is 9. The summed E-state index contributed by atoms with van der Waals surface area (Å²) < 4.78 is 0. The van der Waals surface area contributed by atoms with Crippen LogP contribution in [0.15, 0.2) is 91.1 Å². The molecule has 0 spiro atoms. The van der Waals surface area contributed by atoms with Crippen LogP contribution in [0.2, 0.25) is 0 Å². The molecule has 1 aromatic heterocycles. The second-order valence-corrected chi connectivity index (χ2v) is 8.04. The largest absolute Gasteiger partial charge is 0.480 e. The van der Waals surface area contributed by atoms with E-state index in [-0.39, 0.29) is 12.8 Å². The Bertz CT molecular complexity index is 1290. The van der Waals surface area contributed by atoms with Crippen molar-refractivity contribution in [2.45, 2.75) is 24.9 Å². The van der Waals surface area contributed by atoms with Gasteiger partial charge in [0.15, 0.2) is 0 Å². The van der Waals surface area contributed by atoms with E-state index in [9.17, 15) is 19.5 Å². The van der Waals surface area contributed by atoms with Crippen molar-refractivity contribution in [3.63, 3.8) is 0 Å². The highest BCUT2D eigenvalue weighted by molar-refractivity contribution is 5.98. The molecule has 4 rings (SSSR count). The van der Waals surface area contributed by atoms with Crippen LogP contribution in [-0.4, -0.2) is 40.0 Å². The molecule has 4 aromatic rings. The summed E-state index contributed by atoms with van der Waals surface area (Å²) in [6, 6.07) is 23.3. The van der Waals surface area contributed by atoms with Gasteiger partial charge < -0.3 is 20.7 Å². The van der Waals surface area contributed by atoms with Gasteiger partial charge in [0.2, 0.25) is 5.91 Å². The Morgan fingerprint density at radius 3 is 2.12 bits per heavy atom. The Labute approximate surface area is 196 Å². The summed E-state index contributed by atoms with van der Waals surface area (Å²) in [5.41, 5.74) is 2.97.